The Morgan fingerprint density at radius 2 is 2.17 bits per heavy atom. The summed E-state index contributed by atoms with van der Waals surface area (Å²) in [4.78, 5) is 14.2. The number of hydrogen-bond acceptors (Lipinski definition) is 4. The molecular formula is C13H18N2O3. The Morgan fingerprint density at radius 1 is 1.39 bits per heavy atom. The Kier molecular flexibility index (Phi) is 3.07. The van der Waals surface area contributed by atoms with Gasteiger partial charge in [0, 0.05) is 25.1 Å². The van der Waals surface area contributed by atoms with Crippen molar-refractivity contribution in [2.24, 2.45) is 5.92 Å². The molecule has 0 spiro atoms. The Balaban J connectivity index is 1.83. The molecular weight excluding hydrogens is 232 g/mol. The van der Waals surface area contributed by atoms with Gasteiger partial charge in [-0.1, -0.05) is 12.1 Å². The Bertz CT molecular complexity index is 449. The summed E-state index contributed by atoms with van der Waals surface area (Å²) in [6.45, 7) is 4.73. The van der Waals surface area contributed by atoms with E-state index in [2.05, 4.69) is 12.1 Å². The maximum absolute atomic E-state index is 12.4. The number of morpholine rings is 1. The van der Waals surface area contributed by atoms with Crippen LogP contribution >= 0.6 is 0 Å². The topological polar surface area (TPSA) is 55.6 Å². The van der Waals surface area contributed by atoms with Crippen molar-refractivity contribution in [1.29, 1.82) is 0 Å². The first-order valence-electron chi connectivity index (χ1n) is 6.60. The lowest BCUT2D eigenvalue weighted by Gasteiger charge is -2.26. The summed E-state index contributed by atoms with van der Waals surface area (Å²) >= 11 is 0. The lowest BCUT2D eigenvalue weighted by atomic mass is 9.88. The molecule has 5 nitrogen and oxygen atoms in total. The highest BCUT2D eigenvalue weighted by Gasteiger charge is 2.29. The molecule has 0 saturated carbocycles. The molecule has 2 aliphatic rings. The molecule has 18 heavy (non-hydrogen) atoms. The van der Waals surface area contributed by atoms with Crippen LogP contribution in [0.4, 0.5) is 0 Å². The monoisotopic (exact) mass is 250 g/mol. The largest absolute Gasteiger partial charge is 0.378 e. The van der Waals surface area contributed by atoms with Crippen LogP contribution in [0.5, 0.6) is 0 Å². The molecule has 1 aliphatic heterocycles. The van der Waals surface area contributed by atoms with Crippen molar-refractivity contribution in [3.05, 3.63) is 17.0 Å². The van der Waals surface area contributed by atoms with Gasteiger partial charge in [0.1, 0.15) is 5.76 Å². The van der Waals surface area contributed by atoms with Crippen LogP contribution in [0.1, 0.15) is 35.2 Å². The molecule has 5 heteroatoms. The number of aromatic nitrogens is 1. The second-order valence-electron chi connectivity index (χ2n) is 5.19. The van der Waals surface area contributed by atoms with E-state index in [9.17, 15) is 4.79 Å². The molecule has 0 unspecified atom stereocenters. The van der Waals surface area contributed by atoms with Crippen molar-refractivity contribution in [2.45, 2.75) is 26.2 Å². The fourth-order valence-electron chi connectivity index (χ4n) is 2.66. The molecule has 1 atom stereocenters. The van der Waals surface area contributed by atoms with E-state index in [1.807, 2.05) is 0 Å². The third-order valence-electron chi connectivity index (χ3n) is 3.79. The highest BCUT2D eigenvalue weighted by molar-refractivity contribution is 5.94. The molecule has 1 aromatic heterocycles. The first kappa shape index (κ1) is 11.7. The lowest BCUT2D eigenvalue weighted by molar-refractivity contribution is 0.0295. The van der Waals surface area contributed by atoms with Gasteiger partial charge in [-0.2, -0.15) is 0 Å². The van der Waals surface area contributed by atoms with E-state index in [-0.39, 0.29) is 5.91 Å². The first-order valence-corrected chi connectivity index (χ1v) is 6.60. The van der Waals surface area contributed by atoms with Gasteiger partial charge in [0.15, 0.2) is 5.69 Å². The van der Waals surface area contributed by atoms with Gasteiger partial charge in [-0.3, -0.25) is 4.79 Å². The molecule has 1 aliphatic carbocycles. The summed E-state index contributed by atoms with van der Waals surface area (Å²) in [6.07, 6.45) is 2.93. The van der Waals surface area contributed by atoms with Gasteiger partial charge in [-0.15, -0.1) is 0 Å². The number of carbonyl (C=O) groups is 1. The summed E-state index contributed by atoms with van der Waals surface area (Å²) in [7, 11) is 0. The van der Waals surface area contributed by atoms with Gasteiger partial charge in [0.05, 0.1) is 13.2 Å². The van der Waals surface area contributed by atoms with Crippen LogP contribution in [-0.4, -0.2) is 42.3 Å². The fraction of sp³-hybridized carbons (Fsp3) is 0.692. The van der Waals surface area contributed by atoms with Crippen LogP contribution in [0.2, 0.25) is 0 Å². The van der Waals surface area contributed by atoms with E-state index in [1.54, 1.807) is 4.90 Å². The Labute approximate surface area is 106 Å². The van der Waals surface area contributed by atoms with Gasteiger partial charge in [0.25, 0.3) is 5.91 Å². The van der Waals surface area contributed by atoms with Crippen molar-refractivity contribution in [2.75, 3.05) is 26.3 Å². The third-order valence-corrected chi connectivity index (χ3v) is 3.79. The lowest BCUT2D eigenvalue weighted by Crippen LogP contribution is -2.41. The molecule has 0 radical (unpaired) electrons. The van der Waals surface area contributed by atoms with Gasteiger partial charge in [-0.05, 0) is 18.8 Å². The smallest absolute Gasteiger partial charge is 0.276 e. The van der Waals surface area contributed by atoms with Crippen molar-refractivity contribution in [3.63, 3.8) is 0 Å². The first-order chi connectivity index (χ1) is 8.75. The predicted molar refractivity (Wildman–Crippen MR) is 64.4 cm³/mol. The number of hydrogen-bond donors (Lipinski definition) is 0. The number of nitrogens with zero attached hydrogens (tertiary/aromatic N) is 2. The predicted octanol–water partition coefficient (Wildman–Crippen LogP) is 1.27. The van der Waals surface area contributed by atoms with E-state index in [1.165, 1.54) is 0 Å². The van der Waals surface area contributed by atoms with Gasteiger partial charge >= 0.3 is 0 Å². The minimum atomic E-state index is -0.00241. The average Bonchev–Trinajstić information content (AvgIpc) is 2.82. The standard InChI is InChI=1S/C13H18N2O3/c1-9-2-3-11-10(8-9)12(14-18-11)13(16)15-4-6-17-7-5-15/h9H,2-8H2,1H3/t9-/m0/s1. The number of ether oxygens (including phenoxy) is 1. The van der Waals surface area contributed by atoms with E-state index in [4.69, 9.17) is 9.26 Å². The maximum Gasteiger partial charge on any atom is 0.276 e. The van der Waals surface area contributed by atoms with E-state index in [0.717, 1.165) is 30.6 Å². The summed E-state index contributed by atoms with van der Waals surface area (Å²) in [5.41, 5.74) is 1.56. The van der Waals surface area contributed by atoms with Crippen LogP contribution in [0.25, 0.3) is 0 Å². The zero-order chi connectivity index (χ0) is 12.5. The fourth-order valence-corrected chi connectivity index (χ4v) is 2.66. The van der Waals surface area contributed by atoms with Crippen molar-refractivity contribution in [3.8, 4) is 0 Å². The van der Waals surface area contributed by atoms with E-state index >= 15 is 0 Å². The zero-order valence-electron chi connectivity index (χ0n) is 10.6. The molecule has 0 N–H and O–H groups in total. The van der Waals surface area contributed by atoms with Crippen LogP contribution in [0.15, 0.2) is 4.52 Å². The summed E-state index contributed by atoms with van der Waals surface area (Å²) in [5, 5.41) is 4.00. The van der Waals surface area contributed by atoms with Crippen molar-refractivity contribution < 1.29 is 14.1 Å². The Morgan fingerprint density at radius 3 is 2.94 bits per heavy atom. The van der Waals surface area contributed by atoms with Crippen LogP contribution in [0.3, 0.4) is 0 Å². The van der Waals surface area contributed by atoms with Crippen molar-refractivity contribution >= 4 is 5.91 Å². The second-order valence-corrected chi connectivity index (χ2v) is 5.19. The molecule has 1 saturated heterocycles. The summed E-state index contributed by atoms with van der Waals surface area (Å²) in [6, 6.07) is 0. The SMILES string of the molecule is C[C@H]1CCc2onc(C(=O)N3CCOCC3)c2C1. The van der Waals surface area contributed by atoms with E-state index < -0.39 is 0 Å². The highest BCUT2D eigenvalue weighted by atomic mass is 16.5. The summed E-state index contributed by atoms with van der Waals surface area (Å²) in [5.74, 6) is 1.51. The Hall–Kier alpha value is -1.36. The molecule has 98 valence electrons. The average molecular weight is 250 g/mol. The minimum absolute atomic E-state index is 0.00241. The summed E-state index contributed by atoms with van der Waals surface area (Å²) < 4.78 is 10.6. The molecule has 2 heterocycles. The van der Waals surface area contributed by atoms with Gasteiger partial charge in [-0.25, -0.2) is 0 Å². The van der Waals surface area contributed by atoms with Gasteiger partial charge in [0.2, 0.25) is 0 Å². The van der Waals surface area contributed by atoms with Crippen LogP contribution in [-0.2, 0) is 17.6 Å². The van der Waals surface area contributed by atoms with Crippen LogP contribution in [0, 0.1) is 5.92 Å². The molecule has 3 rings (SSSR count). The number of rotatable bonds is 1. The number of amides is 1. The quantitative estimate of drug-likeness (QED) is 0.753. The molecule has 0 bridgehead atoms. The number of fused-ring (bicyclic) bond motifs is 1. The molecule has 1 fully saturated rings. The zero-order valence-corrected chi connectivity index (χ0v) is 10.6. The molecule has 1 aromatic rings. The minimum Gasteiger partial charge on any atom is -0.378 e. The second kappa shape index (κ2) is 4.72. The molecule has 0 aromatic carbocycles. The van der Waals surface area contributed by atoms with E-state index in [0.29, 0.717) is 37.9 Å². The maximum atomic E-state index is 12.4. The molecule has 1 amide bonds. The number of aryl methyl sites for hydroxylation is 1. The highest BCUT2D eigenvalue weighted by Crippen LogP contribution is 2.28. The van der Waals surface area contributed by atoms with Crippen molar-refractivity contribution in [1.82, 2.24) is 10.1 Å². The third kappa shape index (κ3) is 2.03. The normalized spacial score (nSPS) is 23.8. The van der Waals surface area contributed by atoms with Crippen LogP contribution < -0.4 is 0 Å². The number of carbonyl (C=O) groups excluding carboxylic acids is 1. The van der Waals surface area contributed by atoms with Gasteiger partial charge < -0.3 is 14.2 Å².